The molecule has 0 aliphatic carbocycles. The normalized spacial score (nSPS) is 17.6. The average Bonchev–Trinajstić information content (AvgIpc) is 2.81. The van der Waals surface area contributed by atoms with E-state index in [-0.39, 0.29) is 11.8 Å². The van der Waals surface area contributed by atoms with Crippen molar-refractivity contribution in [2.75, 3.05) is 26.6 Å². The van der Waals surface area contributed by atoms with Crippen molar-refractivity contribution in [2.45, 2.75) is 12.0 Å². The number of nitrogens with zero attached hydrogens (tertiary/aromatic N) is 1. The molecule has 6 nitrogen and oxygen atoms in total. The predicted octanol–water partition coefficient (Wildman–Crippen LogP) is 4.25. The monoisotopic (exact) mass is 416 g/mol. The van der Waals surface area contributed by atoms with E-state index in [0.717, 1.165) is 5.56 Å². The summed E-state index contributed by atoms with van der Waals surface area (Å²) in [5, 5.41) is 3.00. The second kappa shape index (κ2) is 8.52. The predicted molar refractivity (Wildman–Crippen MR) is 119 cm³/mol. The lowest BCUT2D eigenvalue weighted by molar-refractivity contribution is -0.119. The van der Waals surface area contributed by atoms with Gasteiger partial charge in [0.25, 0.3) is 5.91 Å². The van der Waals surface area contributed by atoms with Crippen LogP contribution >= 0.6 is 0 Å². The largest absolute Gasteiger partial charge is 0.497 e. The van der Waals surface area contributed by atoms with Gasteiger partial charge in [-0.05, 0) is 41.5 Å². The van der Waals surface area contributed by atoms with Gasteiger partial charge in [0.05, 0.1) is 26.2 Å². The van der Waals surface area contributed by atoms with Crippen LogP contribution in [0.1, 0.15) is 33.4 Å². The Hall–Kier alpha value is -3.80. The Kier molecular flexibility index (Phi) is 5.62. The Bertz CT molecular complexity index is 1110. The Labute approximate surface area is 181 Å². The number of ether oxygens (including phenoxy) is 2. The average molecular weight is 416 g/mol. The fourth-order valence-electron chi connectivity index (χ4n) is 4.10. The molecule has 4 rings (SSSR count). The first-order valence-electron chi connectivity index (χ1n) is 9.98. The van der Waals surface area contributed by atoms with E-state index in [0.29, 0.717) is 28.3 Å². The number of carbonyl (C=O) groups excluding carboxylic acids is 2. The van der Waals surface area contributed by atoms with Crippen molar-refractivity contribution in [2.24, 2.45) is 0 Å². The maximum absolute atomic E-state index is 13.6. The van der Waals surface area contributed by atoms with Crippen molar-refractivity contribution in [1.29, 1.82) is 0 Å². The zero-order valence-corrected chi connectivity index (χ0v) is 17.7. The number of methoxy groups -OCH3 is 2. The van der Waals surface area contributed by atoms with Crippen LogP contribution < -0.4 is 14.8 Å². The van der Waals surface area contributed by atoms with E-state index in [2.05, 4.69) is 5.32 Å². The SMILES string of the molecule is COc1ccc([C@@H]2[C@H](C(=O)Nc3cccc(OC)c3)c3ccccc3C(=O)N2C)cc1. The second-order valence-electron chi connectivity index (χ2n) is 7.42. The number of fused-ring (bicyclic) bond motifs is 1. The Balaban J connectivity index is 1.78. The summed E-state index contributed by atoms with van der Waals surface area (Å²) >= 11 is 0. The van der Waals surface area contributed by atoms with E-state index >= 15 is 0 Å². The number of rotatable bonds is 5. The molecule has 0 fully saturated rings. The van der Waals surface area contributed by atoms with Gasteiger partial charge >= 0.3 is 0 Å². The highest BCUT2D eigenvalue weighted by atomic mass is 16.5. The number of hydrogen-bond donors (Lipinski definition) is 1. The fourth-order valence-corrected chi connectivity index (χ4v) is 4.10. The van der Waals surface area contributed by atoms with Crippen molar-refractivity contribution in [3.63, 3.8) is 0 Å². The van der Waals surface area contributed by atoms with Gasteiger partial charge < -0.3 is 19.7 Å². The number of anilines is 1. The highest BCUT2D eigenvalue weighted by molar-refractivity contribution is 6.04. The first-order chi connectivity index (χ1) is 15.0. The van der Waals surface area contributed by atoms with Crippen molar-refractivity contribution >= 4 is 17.5 Å². The Morgan fingerprint density at radius 1 is 0.903 bits per heavy atom. The number of likely N-dealkylation sites (N-methyl/N-ethyl adjacent to an activating group) is 1. The third kappa shape index (κ3) is 3.84. The topological polar surface area (TPSA) is 67.9 Å². The summed E-state index contributed by atoms with van der Waals surface area (Å²) in [6.45, 7) is 0. The van der Waals surface area contributed by atoms with E-state index < -0.39 is 12.0 Å². The fraction of sp³-hybridized carbons (Fsp3) is 0.200. The first kappa shape index (κ1) is 20.5. The molecule has 3 aromatic rings. The summed E-state index contributed by atoms with van der Waals surface area (Å²) in [4.78, 5) is 28.3. The summed E-state index contributed by atoms with van der Waals surface area (Å²) in [5.74, 6) is 0.480. The number of benzene rings is 3. The molecule has 1 N–H and O–H groups in total. The lowest BCUT2D eigenvalue weighted by atomic mass is 9.79. The number of hydrogen-bond acceptors (Lipinski definition) is 4. The van der Waals surface area contributed by atoms with Crippen LogP contribution in [0.3, 0.4) is 0 Å². The van der Waals surface area contributed by atoms with E-state index in [9.17, 15) is 9.59 Å². The van der Waals surface area contributed by atoms with Crippen LogP contribution in [-0.4, -0.2) is 38.0 Å². The van der Waals surface area contributed by atoms with Crippen molar-refractivity contribution in [1.82, 2.24) is 4.90 Å². The Morgan fingerprint density at radius 2 is 1.61 bits per heavy atom. The Morgan fingerprint density at radius 3 is 2.32 bits per heavy atom. The third-order valence-electron chi connectivity index (χ3n) is 5.66. The molecule has 0 spiro atoms. The highest BCUT2D eigenvalue weighted by Crippen LogP contribution is 2.42. The minimum Gasteiger partial charge on any atom is -0.497 e. The maximum atomic E-state index is 13.6. The molecule has 31 heavy (non-hydrogen) atoms. The summed E-state index contributed by atoms with van der Waals surface area (Å²) in [7, 11) is 4.92. The third-order valence-corrected chi connectivity index (χ3v) is 5.66. The van der Waals surface area contributed by atoms with Crippen molar-refractivity contribution < 1.29 is 19.1 Å². The molecule has 1 heterocycles. The van der Waals surface area contributed by atoms with Crippen LogP contribution in [0.2, 0.25) is 0 Å². The van der Waals surface area contributed by atoms with Crippen LogP contribution in [0.25, 0.3) is 0 Å². The second-order valence-corrected chi connectivity index (χ2v) is 7.42. The molecular weight excluding hydrogens is 392 g/mol. The zero-order chi connectivity index (χ0) is 22.0. The molecule has 3 aromatic carbocycles. The number of nitrogens with one attached hydrogen (secondary N) is 1. The van der Waals surface area contributed by atoms with Crippen LogP contribution in [0, 0.1) is 0 Å². The number of carbonyl (C=O) groups is 2. The molecule has 0 saturated heterocycles. The van der Waals surface area contributed by atoms with Gasteiger partial charge in [0.1, 0.15) is 11.5 Å². The highest BCUT2D eigenvalue weighted by Gasteiger charge is 2.42. The zero-order valence-electron chi connectivity index (χ0n) is 17.7. The van der Waals surface area contributed by atoms with Gasteiger partial charge in [-0.2, -0.15) is 0 Å². The summed E-state index contributed by atoms with van der Waals surface area (Å²) in [6, 6.07) is 21.5. The van der Waals surface area contributed by atoms with Gasteiger partial charge in [-0.15, -0.1) is 0 Å². The van der Waals surface area contributed by atoms with Gasteiger partial charge in [-0.25, -0.2) is 0 Å². The van der Waals surface area contributed by atoms with E-state index in [1.807, 2.05) is 60.7 Å². The first-order valence-corrected chi connectivity index (χ1v) is 9.98. The van der Waals surface area contributed by atoms with E-state index in [1.54, 1.807) is 38.3 Å². The van der Waals surface area contributed by atoms with Crippen LogP contribution in [0.15, 0.2) is 72.8 Å². The molecule has 6 heteroatoms. The quantitative estimate of drug-likeness (QED) is 0.675. The van der Waals surface area contributed by atoms with Crippen molar-refractivity contribution in [3.05, 3.63) is 89.5 Å². The molecule has 0 bridgehead atoms. The van der Waals surface area contributed by atoms with Gasteiger partial charge in [-0.3, -0.25) is 9.59 Å². The van der Waals surface area contributed by atoms with Gasteiger partial charge in [0, 0.05) is 24.4 Å². The smallest absolute Gasteiger partial charge is 0.254 e. The van der Waals surface area contributed by atoms with Gasteiger partial charge in [-0.1, -0.05) is 36.4 Å². The summed E-state index contributed by atoms with van der Waals surface area (Å²) in [6.07, 6.45) is 0. The molecule has 0 radical (unpaired) electrons. The minimum absolute atomic E-state index is 0.109. The van der Waals surface area contributed by atoms with Gasteiger partial charge in [0.15, 0.2) is 0 Å². The van der Waals surface area contributed by atoms with E-state index in [1.165, 1.54) is 0 Å². The van der Waals surface area contributed by atoms with Crippen LogP contribution in [0.5, 0.6) is 11.5 Å². The summed E-state index contributed by atoms with van der Waals surface area (Å²) in [5.41, 5.74) is 2.75. The molecule has 2 atom stereocenters. The number of amides is 2. The maximum Gasteiger partial charge on any atom is 0.254 e. The lowest BCUT2D eigenvalue weighted by Crippen LogP contribution is -2.44. The summed E-state index contributed by atoms with van der Waals surface area (Å²) < 4.78 is 10.5. The molecular formula is C25H24N2O4. The van der Waals surface area contributed by atoms with Gasteiger partial charge in [0.2, 0.25) is 5.91 Å². The molecule has 0 saturated carbocycles. The van der Waals surface area contributed by atoms with Crippen LogP contribution in [-0.2, 0) is 4.79 Å². The minimum atomic E-state index is -0.585. The van der Waals surface area contributed by atoms with Crippen molar-refractivity contribution in [3.8, 4) is 11.5 Å². The standard InChI is InChI=1S/C25H24N2O4/c1-27-23(16-11-13-18(30-2)14-12-16)22(20-9-4-5-10-21(20)25(27)29)24(28)26-17-7-6-8-19(15-17)31-3/h4-15,22-23H,1-3H3,(H,26,28)/t22-,23-/m1/s1. The molecule has 0 aromatic heterocycles. The molecule has 0 unspecified atom stereocenters. The molecule has 158 valence electrons. The van der Waals surface area contributed by atoms with E-state index in [4.69, 9.17) is 9.47 Å². The molecule has 1 aliphatic heterocycles. The lowest BCUT2D eigenvalue weighted by Gasteiger charge is -2.39. The molecule has 2 amide bonds. The van der Waals surface area contributed by atoms with Crippen LogP contribution in [0.4, 0.5) is 5.69 Å². The molecule has 1 aliphatic rings.